The molecule has 0 bridgehead atoms. The van der Waals surface area contributed by atoms with Gasteiger partial charge in [0.25, 0.3) is 0 Å². The van der Waals surface area contributed by atoms with Gasteiger partial charge in [0.05, 0.1) is 0 Å². The zero-order valence-corrected chi connectivity index (χ0v) is 16.0. The van der Waals surface area contributed by atoms with Gasteiger partial charge in [-0.05, 0) is 62.4 Å². The molecule has 0 atom stereocenters. The van der Waals surface area contributed by atoms with Crippen LogP contribution in [-0.2, 0) is 11.2 Å². The second kappa shape index (κ2) is 9.12. The Kier molecular flexibility index (Phi) is 6.37. The maximum atomic E-state index is 13.0. The maximum Gasteiger partial charge on any atom is 0.227 e. The second-order valence-corrected chi connectivity index (χ2v) is 6.29. The topological polar surface area (TPSA) is 71.3 Å². The van der Waals surface area contributed by atoms with Crippen LogP contribution >= 0.6 is 0 Å². The summed E-state index contributed by atoms with van der Waals surface area (Å²) in [5.74, 6) is 0.292. The van der Waals surface area contributed by atoms with Gasteiger partial charge in [-0.15, -0.1) is 0 Å². The number of aryl methyl sites for hydroxylation is 1. The number of halogens is 1. The molecule has 0 aliphatic heterocycles. The first-order valence-electron chi connectivity index (χ1n) is 9.32. The Morgan fingerprint density at radius 2 is 1.75 bits per heavy atom. The molecule has 3 aromatic rings. The molecule has 0 fully saturated rings. The van der Waals surface area contributed by atoms with E-state index in [1.165, 1.54) is 12.1 Å². The van der Waals surface area contributed by atoms with Crippen LogP contribution < -0.4 is 10.2 Å². The minimum Gasteiger partial charge on any atom is -0.372 e. The van der Waals surface area contributed by atoms with Crippen molar-refractivity contribution in [3.05, 3.63) is 60.2 Å². The largest absolute Gasteiger partial charge is 0.372 e. The first kappa shape index (κ1) is 19.5. The highest BCUT2D eigenvalue weighted by atomic mass is 19.1. The van der Waals surface area contributed by atoms with Crippen molar-refractivity contribution in [1.82, 2.24) is 10.1 Å². The van der Waals surface area contributed by atoms with Gasteiger partial charge in [0.2, 0.25) is 17.6 Å². The van der Waals surface area contributed by atoms with E-state index in [4.69, 9.17) is 4.52 Å². The number of amides is 1. The number of carbonyl (C=O) groups is 1. The van der Waals surface area contributed by atoms with E-state index in [2.05, 4.69) is 34.2 Å². The smallest absolute Gasteiger partial charge is 0.227 e. The van der Waals surface area contributed by atoms with Crippen molar-refractivity contribution in [2.24, 2.45) is 0 Å². The van der Waals surface area contributed by atoms with E-state index in [1.807, 2.05) is 24.3 Å². The second-order valence-electron chi connectivity index (χ2n) is 6.29. The van der Waals surface area contributed by atoms with Crippen molar-refractivity contribution in [2.45, 2.75) is 26.7 Å². The number of nitrogens with one attached hydrogen (secondary N) is 1. The van der Waals surface area contributed by atoms with Crippen LogP contribution in [0.5, 0.6) is 0 Å². The molecule has 0 unspecified atom stereocenters. The van der Waals surface area contributed by atoms with Crippen molar-refractivity contribution in [1.29, 1.82) is 0 Å². The zero-order chi connectivity index (χ0) is 19.9. The lowest BCUT2D eigenvalue weighted by molar-refractivity contribution is -0.116. The molecule has 0 aliphatic carbocycles. The van der Waals surface area contributed by atoms with Crippen molar-refractivity contribution < 1.29 is 13.7 Å². The predicted octanol–water partition coefficient (Wildman–Crippen LogP) is 4.29. The molecule has 0 saturated carbocycles. The summed E-state index contributed by atoms with van der Waals surface area (Å²) in [6.07, 6.45) is 0.556. The Morgan fingerprint density at radius 1 is 1.07 bits per heavy atom. The summed E-state index contributed by atoms with van der Waals surface area (Å²) in [6.45, 7) is 6.09. The van der Waals surface area contributed by atoms with E-state index in [9.17, 15) is 9.18 Å². The van der Waals surface area contributed by atoms with Crippen LogP contribution in [0.15, 0.2) is 53.1 Å². The monoisotopic (exact) mass is 382 g/mol. The summed E-state index contributed by atoms with van der Waals surface area (Å²) < 4.78 is 18.2. The number of carbonyl (C=O) groups excluding carboxylic acids is 1. The van der Waals surface area contributed by atoms with Crippen molar-refractivity contribution in [3.8, 4) is 11.4 Å². The lowest BCUT2D eigenvalue weighted by atomic mass is 10.2. The SMILES string of the molecule is CCN(CC)c1ccc(NC(=O)CCc2nc(-c3ccc(F)cc3)no2)cc1. The average molecular weight is 382 g/mol. The van der Waals surface area contributed by atoms with Gasteiger partial charge in [-0.3, -0.25) is 4.79 Å². The Hall–Kier alpha value is -3.22. The highest BCUT2D eigenvalue weighted by molar-refractivity contribution is 5.90. The van der Waals surface area contributed by atoms with E-state index in [1.54, 1.807) is 12.1 Å². The molecular formula is C21H23FN4O2. The van der Waals surface area contributed by atoms with E-state index in [0.29, 0.717) is 23.7 Å². The van der Waals surface area contributed by atoms with E-state index in [0.717, 1.165) is 24.5 Å². The Balaban J connectivity index is 1.52. The number of hydrogen-bond acceptors (Lipinski definition) is 5. The van der Waals surface area contributed by atoms with E-state index < -0.39 is 0 Å². The van der Waals surface area contributed by atoms with E-state index >= 15 is 0 Å². The molecule has 28 heavy (non-hydrogen) atoms. The number of nitrogens with zero attached hydrogens (tertiary/aromatic N) is 3. The van der Waals surface area contributed by atoms with Gasteiger partial charge in [-0.25, -0.2) is 4.39 Å². The first-order valence-corrected chi connectivity index (χ1v) is 9.32. The van der Waals surface area contributed by atoms with Crippen molar-refractivity contribution in [3.63, 3.8) is 0 Å². The molecule has 1 amide bonds. The Labute approximate surface area is 163 Å². The lowest BCUT2D eigenvalue weighted by Crippen LogP contribution is -2.21. The normalized spacial score (nSPS) is 10.7. The van der Waals surface area contributed by atoms with Gasteiger partial charge in [0, 0.05) is 42.9 Å². The molecule has 0 saturated heterocycles. The van der Waals surface area contributed by atoms with Gasteiger partial charge < -0.3 is 14.7 Å². The van der Waals surface area contributed by atoms with Gasteiger partial charge in [0.15, 0.2) is 0 Å². The molecular weight excluding hydrogens is 359 g/mol. The number of anilines is 2. The van der Waals surface area contributed by atoms with Crippen LogP contribution in [0.2, 0.25) is 0 Å². The Bertz CT molecular complexity index is 903. The Morgan fingerprint density at radius 3 is 2.39 bits per heavy atom. The summed E-state index contributed by atoms with van der Waals surface area (Å²) in [5.41, 5.74) is 2.54. The van der Waals surface area contributed by atoms with E-state index in [-0.39, 0.29) is 18.1 Å². The number of benzene rings is 2. The molecule has 3 rings (SSSR count). The fraction of sp³-hybridized carbons (Fsp3) is 0.286. The summed E-state index contributed by atoms with van der Waals surface area (Å²) in [6, 6.07) is 13.6. The molecule has 2 aromatic carbocycles. The minimum absolute atomic E-state index is 0.128. The van der Waals surface area contributed by atoms with Crippen LogP contribution in [0.25, 0.3) is 11.4 Å². The maximum absolute atomic E-state index is 13.0. The molecule has 1 aromatic heterocycles. The summed E-state index contributed by atoms with van der Waals surface area (Å²) in [4.78, 5) is 18.7. The standard InChI is InChI=1S/C21H23FN4O2/c1-3-26(4-2)18-11-9-17(10-12-18)23-19(27)13-14-20-24-21(25-28-20)15-5-7-16(22)8-6-15/h5-12H,3-4,13-14H2,1-2H3,(H,23,27). The summed E-state index contributed by atoms with van der Waals surface area (Å²) >= 11 is 0. The van der Waals surface area contributed by atoms with Gasteiger partial charge >= 0.3 is 0 Å². The highest BCUT2D eigenvalue weighted by Crippen LogP contribution is 2.19. The number of rotatable bonds is 8. The molecule has 146 valence electrons. The molecule has 1 heterocycles. The fourth-order valence-electron chi connectivity index (χ4n) is 2.86. The summed E-state index contributed by atoms with van der Waals surface area (Å²) in [7, 11) is 0. The van der Waals surface area contributed by atoms with Crippen LogP contribution in [-0.4, -0.2) is 29.1 Å². The molecule has 0 spiro atoms. The van der Waals surface area contributed by atoms with Crippen LogP contribution in [0, 0.1) is 5.82 Å². The molecule has 1 N–H and O–H groups in total. The van der Waals surface area contributed by atoms with Gasteiger partial charge in [-0.2, -0.15) is 4.98 Å². The third-order valence-electron chi connectivity index (χ3n) is 4.42. The van der Waals surface area contributed by atoms with Crippen LogP contribution in [0.3, 0.4) is 0 Å². The van der Waals surface area contributed by atoms with Crippen LogP contribution in [0.1, 0.15) is 26.2 Å². The van der Waals surface area contributed by atoms with Gasteiger partial charge in [0.1, 0.15) is 5.82 Å². The zero-order valence-electron chi connectivity index (χ0n) is 16.0. The molecule has 6 nitrogen and oxygen atoms in total. The first-order chi connectivity index (χ1) is 13.6. The third-order valence-corrected chi connectivity index (χ3v) is 4.42. The average Bonchev–Trinajstić information content (AvgIpc) is 3.18. The minimum atomic E-state index is -0.325. The van der Waals surface area contributed by atoms with Crippen molar-refractivity contribution >= 4 is 17.3 Å². The quantitative estimate of drug-likeness (QED) is 0.629. The van der Waals surface area contributed by atoms with Crippen molar-refractivity contribution in [2.75, 3.05) is 23.3 Å². The summed E-state index contributed by atoms with van der Waals surface area (Å²) in [5, 5.41) is 6.75. The number of hydrogen-bond donors (Lipinski definition) is 1. The molecule has 0 radical (unpaired) electrons. The fourth-order valence-corrected chi connectivity index (χ4v) is 2.86. The van der Waals surface area contributed by atoms with Gasteiger partial charge in [-0.1, -0.05) is 5.16 Å². The number of aromatic nitrogens is 2. The highest BCUT2D eigenvalue weighted by Gasteiger charge is 2.11. The third kappa shape index (κ3) is 4.94. The molecule has 7 heteroatoms. The predicted molar refractivity (Wildman–Crippen MR) is 107 cm³/mol. The lowest BCUT2D eigenvalue weighted by Gasteiger charge is -2.21. The molecule has 0 aliphatic rings. The van der Waals surface area contributed by atoms with Crippen LogP contribution in [0.4, 0.5) is 15.8 Å².